The van der Waals surface area contributed by atoms with Gasteiger partial charge in [0.2, 0.25) is 5.91 Å². The molecular weight excluding hydrogens is 416 g/mol. The fraction of sp³-hybridized carbons (Fsp3) is 0.600. The van der Waals surface area contributed by atoms with E-state index in [0.717, 1.165) is 37.0 Å². The van der Waals surface area contributed by atoms with Crippen LogP contribution in [0.4, 0.5) is 5.82 Å². The Morgan fingerprint density at radius 2 is 1.97 bits per heavy atom. The number of likely N-dealkylation sites (tertiary alicyclic amines) is 1. The first-order valence-electron chi connectivity index (χ1n) is 11.8. The van der Waals surface area contributed by atoms with Gasteiger partial charge in [0.15, 0.2) is 0 Å². The number of aromatic nitrogens is 2. The third-order valence-corrected chi connectivity index (χ3v) is 6.28. The lowest BCUT2D eigenvalue weighted by Crippen LogP contribution is -2.57. The van der Waals surface area contributed by atoms with Crippen LogP contribution < -0.4 is 16.3 Å². The molecule has 0 bridgehead atoms. The second kappa shape index (κ2) is 9.92. The van der Waals surface area contributed by atoms with Gasteiger partial charge < -0.3 is 15.5 Å². The topological polar surface area (TPSA) is 103 Å². The van der Waals surface area contributed by atoms with E-state index in [2.05, 4.69) is 54.3 Å². The first-order chi connectivity index (χ1) is 15.6. The highest BCUT2D eigenvalue weighted by Crippen LogP contribution is 2.27. The Labute approximate surface area is 197 Å². The number of nitrogens with one attached hydrogen (secondary N) is 2. The van der Waals surface area contributed by atoms with Crippen molar-refractivity contribution in [3.8, 4) is 6.07 Å². The lowest BCUT2D eigenvalue weighted by Gasteiger charge is -2.39. The largest absolute Gasteiger partial charge is 0.358 e. The Morgan fingerprint density at radius 1 is 1.30 bits per heavy atom. The molecule has 1 atom stereocenters. The van der Waals surface area contributed by atoms with E-state index in [1.165, 1.54) is 4.57 Å². The molecule has 2 N–H and O–H groups in total. The third kappa shape index (κ3) is 5.91. The average Bonchev–Trinajstić information content (AvgIpc) is 2.77. The summed E-state index contributed by atoms with van der Waals surface area (Å²) in [6, 6.07) is 9.24. The van der Waals surface area contributed by atoms with Crippen molar-refractivity contribution in [3.05, 3.63) is 34.7 Å². The highest BCUT2D eigenvalue weighted by Gasteiger charge is 2.38. The van der Waals surface area contributed by atoms with Crippen molar-refractivity contribution in [2.75, 3.05) is 25.0 Å². The predicted octanol–water partition coefficient (Wildman–Crippen LogP) is 3.28. The number of anilines is 1. The first-order valence-corrected chi connectivity index (χ1v) is 11.8. The number of benzene rings is 1. The van der Waals surface area contributed by atoms with Crippen LogP contribution in [0.1, 0.15) is 54.8 Å². The van der Waals surface area contributed by atoms with Crippen LogP contribution >= 0.6 is 0 Å². The number of aryl methyl sites for hydroxylation is 1. The average molecular weight is 455 g/mol. The summed E-state index contributed by atoms with van der Waals surface area (Å²) >= 11 is 0. The van der Waals surface area contributed by atoms with Gasteiger partial charge in [-0.1, -0.05) is 39.8 Å². The van der Waals surface area contributed by atoms with E-state index in [0.29, 0.717) is 25.1 Å². The summed E-state index contributed by atoms with van der Waals surface area (Å²) in [7, 11) is 1.68. The summed E-state index contributed by atoms with van der Waals surface area (Å²) in [4.78, 5) is 32.5. The molecule has 0 saturated carbocycles. The second-order valence-corrected chi connectivity index (χ2v) is 10.3. The number of nitrogens with zero attached hydrogens (tertiary/aromatic N) is 4. The van der Waals surface area contributed by atoms with E-state index in [1.807, 2.05) is 24.3 Å². The number of amides is 1. The maximum absolute atomic E-state index is 13.5. The summed E-state index contributed by atoms with van der Waals surface area (Å²) in [6.07, 6.45) is 2.80. The first kappa shape index (κ1) is 24.7. The van der Waals surface area contributed by atoms with Gasteiger partial charge in [-0.3, -0.25) is 9.36 Å². The summed E-state index contributed by atoms with van der Waals surface area (Å²) < 4.78 is 1.49. The van der Waals surface area contributed by atoms with Gasteiger partial charge >= 0.3 is 5.69 Å². The van der Waals surface area contributed by atoms with Gasteiger partial charge in [-0.25, -0.2) is 4.79 Å². The van der Waals surface area contributed by atoms with Crippen LogP contribution in [-0.2, 0) is 11.8 Å². The predicted molar refractivity (Wildman–Crippen MR) is 133 cm³/mol. The zero-order valence-electron chi connectivity index (χ0n) is 20.4. The van der Waals surface area contributed by atoms with Gasteiger partial charge in [-0.15, -0.1) is 0 Å². The molecule has 1 aliphatic rings. The third-order valence-electron chi connectivity index (χ3n) is 6.28. The number of nitriles is 1. The van der Waals surface area contributed by atoms with E-state index in [4.69, 9.17) is 0 Å². The van der Waals surface area contributed by atoms with E-state index >= 15 is 0 Å². The monoisotopic (exact) mass is 454 g/mol. The van der Waals surface area contributed by atoms with Gasteiger partial charge in [-0.05, 0) is 49.8 Å². The van der Waals surface area contributed by atoms with Crippen molar-refractivity contribution in [2.45, 2.75) is 65.0 Å². The molecule has 1 aliphatic heterocycles. The van der Waals surface area contributed by atoms with E-state index in [9.17, 15) is 14.9 Å². The van der Waals surface area contributed by atoms with Crippen LogP contribution in [0, 0.1) is 16.7 Å². The van der Waals surface area contributed by atoms with Crippen LogP contribution in [0.5, 0.6) is 0 Å². The highest BCUT2D eigenvalue weighted by atomic mass is 16.2. The molecule has 0 spiro atoms. The molecule has 1 aromatic carbocycles. The lowest BCUT2D eigenvalue weighted by molar-refractivity contribution is -0.124. The van der Waals surface area contributed by atoms with Gasteiger partial charge in [0.05, 0.1) is 11.6 Å². The molecule has 1 fully saturated rings. The highest BCUT2D eigenvalue weighted by molar-refractivity contribution is 5.92. The maximum Gasteiger partial charge on any atom is 0.349 e. The Morgan fingerprint density at radius 3 is 2.58 bits per heavy atom. The standard InChI is InChI=1S/C25H36N6O2.H2/c1-6-13-31-14-11-25(17-26,12-15-31)29-22(32)19(16-24(2,3)4)27-21-18-9-7-8-10-20(18)30(5)23(33)28-21;/h7-10,19H,6,11-16H2,1-5H3,(H,29,32)(H,27,28,33);1H/t19-;/m0./s1. The minimum Gasteiger partial charge on any atom is -0.358 e. The Bertz CT molecular complexity index is 1090. The van der Waals surface area contributed by atoms with Crippen molar-refractivity contribution in [1.82, 2.24) is 19.8 Å². The molecule has 1 amide bonds. The fourth-order valence-electron chi connectivity index (χ4n) is 4.46. The fourth-order valence-corrected chi connectivity index (χ4v) is 4.46. The maximum atomic E-state index is 13.5. The minimum absolute atomic E-state index is 0. The van der Waals surface area contributed by atoms with Crippen LogP contribution in [0.15, 0.2) is 29.1 Å². The van der Waals surface area contributed by atoms with E-state index in [-0.39, 0.29) is 18.4 Å². The molecule has 3 rings (SSSR count). The Balaban J connectivity index is 0.00000408. The number of hydrogen-bond donors (Lipinski definition) is 2. The van der Waals surface area contributed by atoms with Crippen molar-refractivity contribution >= 4 is 22.6 Å². The number of para-hydroxylation sites is 1. The minimum atomic E-state index is -0.874. The number of rotatable bonds is 7. The molecular formula is C25H38N6O2. The number of hydrogen-bond acceptors (Lipinski definition) is 6. The summed E-state index contributed by atoms with van der Waals surface area (Å²) in [5.74, 6) is 0.156. The van der Waals surface area contributed by atoms with Gasteiger partial charge in [0, 0.05) is 27.0 Å². The van der Waals surface area contributed by atoms with Crippen molar-refractivity contribution in [3.63, 3.8) is 0 Å². The van der Waals surface area contributed by atoms with E-state index in [1.54, 1.807) is 7.05 Å². The van der Waals surface area contributed by atoms with Crippen molar-refractivity contribution in [2.24, 2.45) is 12.5 Å². The molecule has 0 aliphatic carbocycles. The SMILES string of the molecule is CCCN1CCC(C#N)(NC(=O)[C@H](CC(C)(C)C)Nc2nc(=O)n(C)c3ccccc23)CC1.[HH]. The molecule has 8 heteroatoms. The molecule has 2 heterocycles. The zero-order valence-corrected chi connectivity index (χ0v) is 20.4. The molecule has 33 heavy (non-hydrogen) atoms. The summed E-state index contributed by atoms with van der Waals surface area (Å²) in [5.41, 5.74) is -0.675. The normalized spacial score (nSPS) is 17.3. The molecule has 180 valence electrons. The lowest BCUT2D eigenvalue weighted by atomic mass is 9.85. The van der Waals surface area contributed by atoms with Gasteiger partial charge in [0.25, 0.3) is 0 Å². The second-order valence-electron chi connectivity index (χ2n) is 10.3. The van der Waals surface area contributed by atoms with Crippen LogP contribution in [0.3, 0.4) is 0 Å². The summed E-state index contributed by atoms with van der Waals surface area (Å²) in [5, 5.41) is 17.0. The molecule has 0 unspecified atom stereocenters. The van der Waals surface area contributed by atoms with Crippen LogP contribution in [0.2, 0.25) is 0 Å². The number of carbonyl (C=O) groups is 1. The number of carbonyl (C=O) groups excluding carboxylic acids is 1. The zero-order chi connectivity index (χ0) is 24.2. The van der Waals surface area contributed by atoms with E-state index < -0.39 is 11.6 Å². The van der Waals surface area contributed by atoms with Gasteiger partial charge in [0.1, 0.15) is 17.4 Å². The molecule has 1 aromatic heterocycles. The molecule has 1 saturated heterocycles. The molecule has 0 radical (unpaired) electrons. The van der Waals surface area contributed by atoms with Crippen LogP contribution in [0.25, 0.3) is 10.9 Å². The smallest absolute Gasteiger partial charge is 0.349 e. The van der Waals surface area contributed by atoms with Crippen LogP contribution in [-0.4, -0.2) is 51.6 Å². The number of piperidine rings is 1. The molecule has 8 nitrogen and oxygen atoms in total. The molecule has 2 aromatic rings. The Kier molecular flexibility index (Phi) is 7.43. The van der Waals surface area contributed by atoms with Gasteiger partial charge in [-0.2, -0.15) is 10.2 Å². The quantitative estimate of drug-likeness (QED) is 0.666. The van der Waals surface area contributed by atoms with Crippen molar-refractivity contribution < 1.29 is 6.22 Å². The Hall–Kier alpha value is -2.92. The summed E-state index contributed by atoms with van der Waals surface area (Å²) in [6.45, 7) is 10.9. The van der Waals surface area contributed by atoms with Crippen molar-refractivity contribution in [1.29, 1.82) is 5.26 Å². The number of fused-ring (bicyclic) bond motifs is 1.